The van der Waals surface area contributed by atoms with Crippen molar-refractivity contribution in [1.29, 1.82) is 0 Å². The van der Waals surface area contributed by atoms with Gasteiger partial charge in [0.1, 0.15) is 5.75 Å². The van der Waals surface area contributed by atoms with Crippen molar-refractivity contribution < 1.29 is 9.26 Å². The van der Waals surface area contributed by atoms with Gasteiger partial charge in [-0.25, -0.2) is 0 Å². The van der Waals surface area contributed by atoms with Gasteiger partial charge in [0.2, 0.25) is 11.7 Å². The highest BCUT2D eigenvalue weighted by Crippen LogP contribution is 2.43. The molecule has 1 atom stereocenters. The van der Waals surface area contributed by atoms with Crippen LogP contribution in [-0.4, -0.2) is 16.7 Å². The van der Waals surface area contributed by atoms with E-state index in [1.165, 1.54) is 12.0 Å². The van der Waals surface area contributed by atoms with Crippen molar-refractivity contribution in [3.8, 4) is 5.75 Å². The molecule has 104 valence electrons. The fraction of sp³-hybridized carbons (Fsp3) is 0.467. The van der Waals surface area contributed by atoms with Crippen LogP contribution in [0.25, 0.3) is 0 Å². The van der Waals surface area contributed by atoms with E-state index in [9.17, 15) is 0 Å². The molecule has 1 fully saturated rings. The molecule has 1 aliphatic carbocycles. The summed E-state index contributed by atoms with van der Waals surface area (Å²) in [7, 11) is 0. The molecule has 1 aliphatic heterocycles. The van der Waals surface area contributed by atoms with Crippen LogP contribution in [0.3, 0.4) is 0 Å². The summed E-state index contributed by atoms with van der Waals surface area (Å²) in [6.45, 7) is 0.570. The van der Waals surface area contributed by atoms with Gasteiger partial charge in [0, 0.05) is 13.0 Å². The fourth-order valence-electron chi connectivity index (χ4n) is 3.02. The molecule has 5 nitrogen and oxygen atoms in total. The van der Waals surface area contributed by atoms with Crippen molar-refractivity contribution in [2.24, 2.45) is 5.73 Å². The van der Waals surface area contributed by atoms with E-state index < -0.39 is 0 Å². The Morgan fingerprint density at radius 3 is 2.85 bits per heavy atom. The number of ether oxygens (including phenoxy) is 1. The van der Waals surface area contributed by atoms with Gasteiger partial charge in [0.05, 0.1) is 5.41 Å². The third kappa shape index (κ3) is 1.66. The van der Waals surface area contributed by atoms with Gasteiger partial charge >= 0.3 is 0 Å². The van der Waals surface area contributed by atoms with Crippen LogP contribution in [0, 0.1) is 0 Å². The molecule has 2 aliphatic rings. The molecule has 0 spiro atoms. The second-order valence-corrected chi connectivity index (χ2v) is 5.71. The van der Waals surface area contributed by atoms with Crippen LogP contribution in [0.4, 0.5) is 0 Å². The van der Waals surface area contributed by atoms with Gasteiger partial charge in [0.25, 0.3) is 0 Å². The fourth-order valence-corrected chi connectivity index (χ4v) is 3.02. The summed E-state index contributed by atoms with van der Waals surface area (Å²) in [6, 6.07) is 8.04. The van der Waals surface area contributed by atoms with Crippen LogP contribution in [0.1, 0.15) is 42.6 Å². The van der Waals surface area contributed by atoms with Crippen LogP contribution in [-0.2, 0) is 11.8 Å². The quantitative estimate of drug-likeness (QED) is 0.925. The lowest BCUT2D eigenvalue weighted by atomic mass is 9.69. The average Bonchev–Trinajstić information content (AvgIpc) is 3.04. The Morgan fingerprint density at radius 1 is 1.30 bits per heavy atom. The van der Waals surface area contributed by atoms with Crippen molar-refractivity contribution in [2.75, 3.05) is 6.54 Å². The molecule has 0 saturated heterocycles. The molecule has 0 amide bonds. The predicted molar refractivity (Wildman–Crippen MR) is 72.4 cm³/mol. The van der Waals surface area contributed by atoms with Gasteiger partial charge in [-0.15, -0.1) is 0 Å². The van der Waals surface area contributed by atoms with Crippen LogP contribution in [0.5, 0.6) is 5.75 Å². The zero-order valence-corrected chi connectivity index (χ0v) is 11.2. The summed E-state index contributed by atoms with van der Waals surface area (Å²) in [5.41, 5.74) is 6.98. The molecule has 1 aromatic carbocycles. The Labute approximate surface area is 117 Å². The maximum atomic E-state index is 5.89. The summed E-state index contributed by atoms with van der Waals surface area (Å²) in [6.07, 6.45) is 3.92. The number of para-hydroxylation sites is 1. The lowest BCUT2D eigenvalue weighted by Gasteiger charge is -2.36. The first-order valence-corrected chi connectivity index (χ1v) is 7.09. The van der Waals surface area contributed by atoms with E-state index in [2.05, 4.69) is 16.2 Å². The molecular formula is C15H17N3O2. The van der Waals surface area contributed by atoms with E-state index in [-0.39, 0.29) is 11.5 Å². The number of rotatable bonds is 3. The number of nitrogens with zero attached hydrogens (tertiary/aromatic N) is 2. The van der Waals surface area contributed by atoms with Crippen LogP contribution >= 0.6 is 0 Å². The second kappa shape index (κ2) is 4.31. The molecule has 1 unspecified atom stereocenters. The van der Waals surface area contributed by atoms with E-state index in [4.69, 9.17) is 15.0 Å². The first kappa shape index (κ1) is 11.9. The minimum Gasteiger partial charge on any atom is -0.482 e. The SMILES string of the molecule is NCC1(c2nc(C3Cc4ccccc4O3)no2)CCC1. The minimum absolute atomic E-state index is 0.0866. The van der Waals surface area contributed by atoms with Crippen molar-refractivity contribution in [3.63, 3.8) is 0 Å². The molecule has 1 saturated carbocycles. The summed E-state index contributed by atoms with van der Waals surface area (Å²) >= 11 is 0. The Hall–Kier alpha value is -1.88. The third-order valence-electron chi connectivity index (χ3n) is 4.53. The van der Waals surface area contributed by atoms with Crippen molar-refractivity contribution in [2.45, 2.75) is 37.2 Å². The number of nitrogens with two attached hydrogens (primary N) is 1. The number of benzene rings is 1. The van der Waals surface area contributed by atoms with E-state index in [0.29, 0.717) is 18.3 Å². The monoisotopic (exact) mass is 271 g/mol. The summed E-state index contributed by atoms with van der Waals surface area (Å²) in [5, 5.41) is 4.11. The summed E-state index contributed by atoms with van der Waals surface area (Å²) < 4.78 is 11.3. The largest absolute Gasteiger partial charge is 0.482 e. The van der Waals surface area contributed by atoms with Crippen LogP contribution in [0.2, 0.25) is 0 Å². The highest BCUT2D eigenvalue weighted by atomic mass is 16.5. The Kier molecular flexibility index (Phi) is 2.57. The van der Waals surface area contributed by atoms with Crippen LogP contribution < -0.4 is 10.5 Å². The van der Waals surface area contributed by atoms with Crippen molar-refractivity contribution >= 4 is 0 Å². The van der Waals surface area contributed by atoms with Gasteiger partial charge in [0.15, 0.2) is 6.10 Å². The molecule has 0 bridgehead atoms. The standard InChI is InChI=1S/C15H17N3O2/c16-9-15(6-3-7-15)14-17-13(18-20-14)12-8-10-4-1-2-5-11(10)19-12/h1-2,4-5,12H,3,6-9,16H2. The molecule has 1 aromatic heterocycles. The van der Waals surface area contributed by atoms with Crippen molar-refractivity contribution in [1.82, 2.24) is 10.1 Å². The molecule has 0 radical (unpaired) electrons. The van der Waals surface area contributed by atoms with Gasteiger partial charge < -0.3 is 15.0 Å². The number of hydrogen-bond acceptors (Lipinski definition) is 5. The molecule has 2 N–H and O–H groups in total. The van der Waals surface area contributed by atoms with Gasteiger partial charge in [-0.1, -0.05) is 29.8 Å². The first-order chi connectivity index (χ1) is 9.81. The Balaban J connectivity index is 1.58. The maximum Gasteiger partial charge on any atom is 0.234 e. The Bertz CT molecular complexity index is 603. The van der Waals surface area contributed by atoms with Crippen LogP contribution in [0.15, 0.2) is 28.8 Å². The highest BCUT2D eigenvalue weighted by Gasteiger charge is 2.43. The van der Waals surface area contributed by atoms with Gasteiger partial charge in [-0.3, -0.25) is 0 Å². The summed E-state index contributed by atoms with van der Waals surface area (Å²) in [4.78, 5) is 4.56. The lowest BCUT2D eigenvalue weighted by molar-refractivity contribution is 0.180. The van der Waals surface area contributed by atoms with Gasteiger partial charge in [-0.05, 0) is 24.5 Å². The molecule has 5 heteroatoms. The molecule has 4 rings (SSSR count). The third-order valence-corrected chi connectivity index (χ3v) is 4.53. The van der Waals surface area contributed by atoms with Crippen molar-refractivity contribution in [3.05, 3.63) is 41.5 Å². The highest BCUT2D eigenvalue weighted by molar-refractivity contribution is 5.38. The zero-order chi connectivity index (χ0) is 13.6. The van der Waals surface area contributed by atoms with E-state index >= 15 is 0 Å². The Morgan fingerprint density at radius 2 is 2.15 bits per heavy atom. The smallest absolute Gasteiger partial charge is 0.234 e. The predicted octanol–water partition coefficient (Wildman–Crippen LogP) is 2.13. The molecular weight excluding hydrogens is 254 g/mol. The molecule has 20 heavy (non-hydrogen) atoms. The van der Waals surface area contributed by atoms with E-state index in [1.807, 2.05) is 18.2 Å². The van der Waals surface area contributed by atoms with E-state index in [0.717, 1.165) is 25.0 Å². The average molecular weight is 271 g/mol. The van der Waals surface area contributed by atoms with E-state index in [1.54, 1.807) is 0 Å². The number of aromatic nitrogens is 2. The molecule has 2 aromatic rings. The summed E-state index contributed by atoms with van der Waals surface area (Å²) in [5.74, 6) is 2.23. The zero-order valence-electron chi connectivity index (χ0n) is 11.2. The second-order valence-electron chi connectivity index (χ2n) is 5.71. The van der Waals surface area contributed by atoms with Gasteiger partial charge in [-0.2, -0.15) is 4.98 Å². The first-order valence-electron chi connectivity index (χ1n) is 7.09. The number of hydrogen-bond donors (Lipinski definition) is 1. The topological polar surface area (TPSA) is 74.2 Å². The minimum atomic E-state index is -0.139. The normalized spacial score (nSPS) is 22.9. The molecule has 2 heterocycles. The maximum absolute atomic E-state index is 5.89. The lowest BCUT2D eigenvalue weighted by Crippen LogP contribution is -2.41. The number of fused-ring (bicyclic) bond motifs is 1.